The van der Waals surface area contributed by atoms with Gasteiger partial charge in [0.1, 0.15) is 5.82 Å². The van der Waals surface area contributed by atoms with E-state index in [1.165, 1.54) is 5.56 Å². The smallest absolute Gasteiger partial charge is 0.154 e. The van der Waals surface area contributed by atoms with Gasteiger partial charge < -0.3 is 14.6 Å². The molecule has 2 aliphatic heterocycles. The molecular weight excluding hydrogens is 264 g/mol. The third kappa shape index (κ3) is 2.26. The van der Waals surface area contributed by atoms with E-state index in [4.69, 9.17) is 4.74 Å². The molecule has 3 heterocycles. The first-order valence-corrected chi connectivity index (χ1v) is 7.66. The zero-order valence-electron chi connectivity index (χ0n) is 12.2. The average molecular weight is 284 g/mol. The molecule has 21 heavy (non-hydrogen) atoms. The molecule has 5 nitrogen and oxygen atoms in total. The summed E-state index contributed by atoms with van der Waals surface area (Å²) in [5, 5.41) is 12.5. The van der Waals surface area contributed by atoms with E-state index in [-0.39, 0.29) is 6.04 Å². The molecular formula is C16H20N4O. The molecule has 1 N–H and O–H groups in total. The maximum absolute atomic E-state index is 5.69. The number of nitrogens with zero attached hydrogens (tertiary/aromatic N) is 3. The van der Waals surface area contributed by atoms with E-state index in [1.807, 2.05) is 6.07 Å². The Morgan fingerprint density at radius 3 is 2.76 bits per heavy atom. The van der Waals surface area contributed by atoms with Gasteiger partial charge in [0.25, 0.3) is 0 Å². The van der Waals surface area contributed by atoms with Crippen molar-refractivity contribution >= 4 is 0 Å². The Labute approximate surface area is 124 Å². The molecule has 2 aliphatic rings. The minimum atomic E-state index is 0.140. The summed E-state index contributed by atoms with van der Waals surface area (Å²) >= 11 is 0. The predicted octanol–water partition coefficient (Wildman–Crippen LogP) is 1.86. The van der Waals surface area contributed by atoms with Crippen molar-refractivity contribution in [1.29, 1.82) is 0 Å². The first-order chi connectivity index (χ1) is 10.3. The first-order valence-electron chi connectivity index (χ1n) is 7.66. The molecule has 2 aromatic rings. The number of nitrogens with one attached hydrogen (secondary N) is 1. The largest absolute Gasteiger partial charge is 0.378 e. The molecule has 0 saturated carbocycles. The van der Waals surface area contributed by atoms with Crippen molar-refractivity contribution in [2.45, 2.75) is 38.0 Å². The number of ether oxygens (including phenoxy) is 1. The second kappa shape index (κ2) is 5.24. The van der Waals surface area contributed by atoms with Gasteiger partial charge >= 0.3 is 0 Å². The normalized spacial score (nSPS) is 28.5. The van der Waals surface area contributed by atoms with Crippen LogP contribution < -0.4 is 5.32 Å². The van der Waals surface area contributed by atoms with E-state index < -0.39 is 0 Å². The van der Waals surface area contributed by atoms with Crippen molar-refractivity contribution in [3.63, 3.8) is 0 Å². The van der Waals surface area contributed by atoms with E-state index >= 15 is 0 Å². The number of benzene rings is 1. The minimum Gasteiger partial charge on any atom is -0.378 e. The lowest BCUT2D eigenvalue weighted by Gasteiger charge is -2.26. The molecule has 1 aromatic heterocycles. The fraction of sp³-hybridized carbons (Fsp3) is 0.500. The van der Waals surface area contributed by atoms with Crippen LogP contribution in [-0.2, 0) is 11.3 Å². The van der Waals surface area contributed by atoms with Crippen LogP contribution in [0.3, 0.4) is 0 Å². The highest BCUT2D eigenvalue weighted by Crippen LogP contribution is 2.31. The van der Waals surface area contributed by atoms with Crippen LogP contribution in [0.4, 0.5) is 0 Å². The van der Waals surface area contributed by atoms with Gasteiger partial charge in [-0.1, -0.05) is 30.3 Å². The summed E-state index contributed by atoms with van der Waals surface area (Å²) < 4.78 is 7.99. The highest BCUT2D eigenvalue weighted by Gasteiger charge is 2.32. The monoisotopic (exact) mass is 284 g/mol. The van der Waals surface area contributed by atoms with E-state index in [0.29, 0.717) is 12.0 Å². The number of hydrogen-bond acceptors (Lipinski definition) is 4. The van der Waals surface area contributed by atoms with Crippen molar-refractivity contribution in [3.8, 4) is 0 Å². The van der Waals surface area contributed by atoms with Crippen LogP contribution in [0.2, 0.25) is 0 Å². The molecule has 5 heteroatoms. The lowest BCUT2D eigenvalue weighted by Crippen LogP contribution is -2.35. The summed E-state index contributed by atoms with van der Waals surface area (Å²) in [6.07, 6.45) is 1.37. The lowest BCUT2D eigenvalue weighted by molar-refractivity contribution is 0.123. The van der Waals surface area contributed by atoms with Crippen LogP contribution in [0.1, 0.15) is 42.5 Å². The average Bonchev–Trinajstić information content (AvgIpc) is 3.13. The van der Waals surface area contributed by atoms with Crippen molar-refractivity contribution in [2.75, 3.05) is 13.2 Å². The van der Waals surface area contributed by atoms with E-state index in [2.05, 4.69) is 51.3 Å². The molecule has 0 spiro atoms. The quantitative estimate of drug-likeness (QED) is 0.914. The third-order valence-electron chi connectivity index (χ3n) is 4.45. The first kappa shape index (κ1) is 13.0. The maximum atomic E-state index is 5.69. The van der Waals surface area contributed by atoms with Crippen LogP contribution in [-0.4, -0.2) is 34.0 Å². The Hall–Kier alpha value is -1.72. The number of rotatable bonds is 2. The van der Waals surface area contributed by atoms with Gasteiger partial charge in [-0.3, -0.25) is 0 Å². The molecule has 3 unspecified atom stereocenters. The van der Waals surface area contributed by atoms with Gasteiger partial charge in [-0.25, -0.2) is 0 Å². The zero-order chi connectivity index (χ0) is 14.2. The maximum Gasteiger partial charge on any atom is 0.154 e. The van der Waals surface area contributed by atoms with E-state index in [1.54, 1.807) is 0 Å². The minimum absolute atomic E-state index is 0.140. The molecule has 1 saturated heterocycles. The fourth-order valence-corrected chi connectivity index (χ4v) is 3.39. The summed E-state index contributed by atoms with van der Waals surface area (Å²) in [5.74, 6) is 2.51. The van der Waals surface area contributed by atoms with Crippen molar-refractivity contribution < 1.29 is 4.74 Å². The number of aromatic nitrogens is 3. The second-order valence-corrected chi connectivity index (χ2v) is 5.94. The summed E-state index contributed by atoms with van der Waals surface area (Å²) in [5.41, 5.74) is 1.24. The molecule has 4 rings (SSSR count). The molecule has 0 aliphatic carbocycles. The van der Waals surface area contributed by atoms with Gasteiger partial charge in [-0.15, -0.1) is 10.2 Å². The highest BCUT2D eigenvalue weighted by molar-refractivity contribution is 5.26. The van der Waals surface area contributed by atoms with Crippen molar-refractivity contribution in [2.24, 2.45) is 0 Å². The van der Waals surface area contributed by atoms with Gasteiger partial charge in [-0.2, -0.15) is 0 Å². The summed E-state index contributed by atoms with van der Waals surface area (Å²) in [4.78, 5) is 0. The van der Waals surface area contributed by atoms with Gasteiger partial charge in [-0.05, 0) is 18.9 Å². The van der Waals surface area contributed by atoms with Gasteiger partial charge in [0.05, 0.1) is 18.8 Å². The van der Waals surface area contributed by atoms with Crippen LogP contribution in [0.15, 0.2) is 30.3 Å². The highest BCUT2D eigenvalue weighted by atomic mass is 16.5. The Balaban J connectivity index is 1.69. The Bertz CT molecular complexity index is 624. The topological polar surface area (TPSA) is 52.0 Å². The molecule has 0 amide bonds. The Morgan fingerprint density at radius 2 is 2.00 bits per heavy atom. The van der Waals surface area contributed by atoms with Crippen molar-refractivity contribution in [1.82, 2.24) is 20.1 Å². The van der Waals surface area contributed by atoms with E-state index in [0.717, 1.165) is 37.8 Å². The Morgan fingerprint density at radius 1 is 1.19 bits per heavy atom. The molecule has 3 atom stereocenters. The lowest BCUT2D eigenvalue weighted by atomic mass is 10.0. The van der Waals surface area contributed by atoms with E-state index in [9.17, 15) is 0 Å². The SMILES string of the molecule is CC1CC(c2nnc3n2CCNC3c2ccccc2)CO1. The summed E-state index contributed by atoms with van der Waals surface area (Å²) in [6, 6.07) is 10.6. The van der Waals surface area contributed by atoms with Crippen LogP contribution in [0.5, 0.6) is 0 Å². The van der Waals surface area contributed by atoms with Crippen LogP contribution in [0.25, 0.3) is 0 Å². The zero-order valence-corrected chi connectivity index (χ0v) is 12.2. The number of fused-ring (bicyclic) bond motifs is 1. The molecule has 0 bridgehead atoms. The second-order valence-electron chi connectivity index (χ2n) is 5.94. The van der Waals surface area contributed by atoms with Gasteiger partial charge in [0.15, 0.2) is 5.82 Å². The summed E-state index contributed by atoms with van der Waals surface area (Å²) in [7, 11) is 0. The van der Waals surface area contributed by atoms with Crippen LogP contribution >= 0.6 is 0 Å². The van der Waals surface area contributed by atoms with Gasteiger partial charge in [0, 0.05) is 19.0 Å². The fourth-order valence-electron chi connectivity index (χ4n) is 3.39. The molecule has 1 fully saturated rings. The molecule has 0 radical (unpaired) electrons. The predicted molar refractivity (Wildman–Crippen MR) is 79.1 cm³/mol. The summed E-state index contributed by atoms with van der Waals surface area (Å²) in [6.45, 7) is 4.77. The number of hydrogen-bond donors (Lipinski definition) is 1. The molecule has 1 aromatic carbocycles. The van der Waals surface area contributed by atoms with Crippen LogP contribution in [0, 0.1) is 0 Å². The standard InChI is InChI=1S/C16H20N4O/c1-11-9-13(10-21-11)15-18-19-16-14(17-7-8-20(15)16)12-5-3-2-4-6-12/h2-6,11,13-14,17H,7-10H2,1H3. The van der Waals surface area contributed by atoms with Crippen molar-refractivity contribution in [3.05, 3.63) is 47.5 Å². The molecule has 110 valence electrons. The Kier molecular flexibility index (Phi) is 3.24. The third-order valence-corrected chi connectivity index (χ3v) is 4.45. The van der Waals surface area contributed by atoms with Gasteiger partial charge in [0.2, 0.25) is 0 Å².